The summed E-state index contributed by atoms with van der Waals surface area (Å²) in [7, 11) is -1.80. The van der Waals surface area contributed by atoms with E-state index in [0.29, 0.717) is 11.5 Å². The summed E-state index contributed by atoms with van der Waals surface area (Å²) >= 11 is 6.28. The van der Waals surface area contributed by atoms with Crippen LogP contribution in [0.4, 0.5) is 0 Å². The number of imidazole rings is 1. The van der Waals surface area contributed by atoms with Gasteiger partial charge in [0.25, 0.3) is 0 Å². The molecule has 28 heavy (non-hydrogen) atoms. The van der Waals surface area contributed by atoms with Crippen molar-refractivity contribution < 1.29 is 13.2 Å². The van der Waals surface area contributed by atoms with E-state index >= 15 is 0 Å². The highest BCUT2D eigenvalue weighted by atomic mass is 35.5. The van der Waals surface area contributed by atoms with Crippen LogP contribution in [-0.2, 0) is 9.84 Å². The van der Waals surface area contributed by atoms with Gasteiger partial charge in [0.05, 0.1) is 28.4 Å². The quantitative estimate of drug-likeness (QED) is 0.503. The Bertz CT molecular complexity index is 1280. The van der Waals surface area contributed by atoms with Crippen molar-refractivity contribution in [3.63, 3.8) is 0 Å². The topological polar surface area (TPSA) is 73.6 Å². The Morgan fingerprint density at radius 2 is 1.79 bits per heavy atom. The van der Waals surface area contributed by atoms with Crippen LogP contribution in [0.1, 0.15) is 0 Å². The van der Waals surface area contributed by atoms with Crippen molar-refractivity contribution in [3.8, 4) is 28.3 Å². The number of sulfone groups is 1. The molecule has 0 amide bonds. The van der Waals surface area contributed by atoms with Crippen LogP contribution in [0.5, 0.6) is 5.75 Å². The summed E-state index contributed by atoms with van der Waals surface area (Å²) in [5, 5.41) is 0.166. The molecule has 0 aliphatic heterocycles. The minimum Gasteiger partial charge on any atom is -0.497 e. The van der Waals surface area contributed by atoms with Gasteiger partial charge in [0.1, 0.15) is 5.75 Å². The summed E-state index contributed by atoms with van der Waals surface area (Å²) in [5.74, 6) is 1.28. The van der Waals surface area contributed by atoms with E-state index in [1.165, 1.54) is 6.07 Å². The van der Waals surface area contributed by atoms with Crippen LogP contribution in [0.15, 0.2) is 65.8 Å². The van der Waals surface area contributed by atoms with Gasteiger partial charge >= 0.3 is 0 Å². The summed E-state index contributed by atoms with van der Waals surface area (Å²) in [5.41, 5.74) is 3.10. The standard InChI is InChI=1S/C20H16ClN3O3S/c1-27-15-7-4-13(5-8-15)18-19(24-11-3-10-22-20(24)23-18)14-6-9-17(16(21)12-14)28(2,25)26/h3-12H,1-2H3. The van der Waals surface area contributed by atoms with Gasteiger partial charge in [-0.15, -0.1) is 0 Å². The molecule has 2 aromatic carbocycles. The third kappa shape index (κ3) is 3.23. The maximum atomic E-state index is 11.9. The second-order valence-corrected chi connectivity index (χ2v) is 8.64. The number of aromatic nitrogens is 3. The molecule has 0 bridgehead atoms. The van der Waals surface area contributed by atoms with Crippen molar-refractivity contribution in [1.82, 2.24) is 14.4 Å². The molecule has 0 aliphatic carbocycles. The van der Waals surface area contributed by atoms with Crippen molar-refractivity contribution in [3.05, 3.63) is 65.9 Å². The van der Waals surface area contributed by atoms with Crippen molar-refractivity contribution in [1.29, 1.82) is 0 Å². The molecule has 142 valence electrons. The highest BCUT2D eigenvalue weighted by Gasteiger charge is 2.19. The Balaban J connectivity index is 1.96. The third-order valence-electron chi connectivity index (χ3n) is 4.37. The zero-order valence-corrected chi connectivity index (χ0v) is 16.7. The van der Waals surface area contributed by atoms with Crippen LogP contribution in [0.3, 0.4) is 0 Å². The molecule has 2 aromatic heterocycles. The normalized spacial score (nSPS) is 11.7. The smallest absolute Gasteiger partial charge is 0.234 e. The van der Waals surface area contributed by atoms with Crippen LogP contribution < -0.4 is 4.74 Å². The second-order valence-electron chi connectivity index (χ2n) is 6.24. The highest BCUT2D eigenvalue weighted by Crippen LogP contribution is 2.35. The Morgan fingerprint density at radius 1 is 1.07 bits per heavy atom. The third-order valence-corrected chi connectivity index (χ3v) is 5.95. The highest BCUT2D eigenvalue weighted by molar-refractivity contribution is 7.90. The van der Waals surface area contributed by atoms with Gasteiger partial charge in [-0.2, -0.15) is 0 Å². The molecular formula is C20H16ClN3O3S. The lowest BCUT2D eigenvalue weighted by molar-refractivity contribution is 0.415. The molecule has 0 aliphatic rings. The number of ether oxygens (including phenoxy) is 1. The first-order valence-electron chi connectivity index (χ1n) is 8.36. The van der Waals surface area contributed by atoms with E-state index in [9.17, 15) is 8.42 Å². The fourth-order valence-corrected chi connectivity index (χ4v) is 4.39. The van der Waals surface area contributed by atoms with Crippen molar-refractivity contribution >= 4 is 27.2 Å². The van der Waals surface area contributed by atoms with Gasteiger partial charge in [-0.05, 0) is 42.5 Å². The predicted molar refractivity (Wildman–Crippen MR) is 109 cm³/mol. The van der Waals surface area contributed by atoms with E-state index in [2.05, 4.69) is 9.97 Å². The molecule has 0 unspecified atom stereocenters. The number of hydrogen-bond acceptors (Lipinski definition) is 5. The first-order valence-corrected chi connectivity index (χ1v) is 10.6. The fraction of sp³-hybridized carbons (Fsp3) is 0.100. The SMILES string of the molecule is COc1ccc(-c2nc3ncccn3c2-c2ccc(S(C)(=O)=O)c(Cl)c2)cc1. The van der Waals surface area contributed by atoms with Crippen LogP contribution >= 0.6 is 11.6 Å². The van der Waals surface area contributed by atoms with E-state index in [-0.39, 0.29) is 9.92 Å². The Morgan fingerprint density at radius 3 is 2.43 bits per heavy atom. The molecule has 0 saturated carbocycles. The molecule has 0 radical (unpaired) electrons. The number of fused-ring (bicyclic) bond motifs is 1. The molecule has 2 heterocycles. The van der Waals surface area contributed by atoms with Crippen LogP contribution in [-0.4, -0.2) is 36.2 Å². The minimum atomic E-state index is -3.41. The first kappa shape index (κ1) is 18.5. The largest absolute Gasteiger partial charge is 0.497 e. The molecule has 0 atom stereocenters. The molecule has 0 spiro atoms. The van der Waals surface area contributed by atoms with E-state index in [1.807, 2.05) is 40.9 Å². The van der Waals surface area contributed by atoms with Crippen molar-refractivity contribution in [2.75, 3.05) is 13.4 Å². The maximum absolute atomic E-state index is 11.9. The van der Waals surface area contributed by atoms with Crippen molar-refractivity contribution in [2.24, 2.45) is 0 Å². The summed E-state index contributed by atoms with van der Waals surface area (Å²) in [6.07, 6.45) is 4.66. The van der Waals surface area contributed by atoms with Gasteiger partial charge in [0.15, 0.2) is 9.84 Å². The van der Waals surface area contributed by atoms with Gasteiger partial charge in [0.2, 0.25) is 5.78 Å². The monoisotopic (exact) mass is 413 g/mol. The number of nitrogens with zero attached hydrogens (tertiary/aromatic N) is 3. The van der Waals surface area contributed by atoms with Gasteiger partial charge in [0, 0.05) is 29.8 Å². The molecule has 4 rings (SSSR count). The maximum Gasteiger partial charge on any atom is 0.234 e. The summed E-state index contributed by atoms with van der Waals surface area (Å²) in [6.45, 7) is 0. The molecule has 0 N–H and O–H groups in total. The second kappa shape index (κ2) is 6.92. The number of halogens is 1. The van der Waals surface area contributed by atoms with Gasteiger partial charge in [-0.25, -0.2) is 18.4 Å². The molecular weight excluding hydrogens is 398 g/mol. The van der Waals surface area contributed by atoms with E-state index < -0.39 is 9.84 Å². The summed E-state index contributed by atoms with van der Waals surface area (Å²) in [4.78, 5) is 9.08. The van der Waals surface area contributed by atoms with Crippen LogP contribution in [0, 0.1) is 0 Å². The molecule has 6 nitrogen and oxygen atoms in total. The Hall–Kier alpha value is -2.90. The van der Waals surface area contributed by atoms with Gasteiger partial charge in [-0.1, -0.05) is 17.7 Å². The predicted octanol–water partition coefficient (Wildman–Crippen LogP) is 4.13. The number of rotatable bonds is 4. The molecule has 4 aromatic rings. The zero-order valence-electron chi connectivity index (χ0n) is 15.1. The number of benzene rings is 2. The molecule has 0 saturated heterocycles. The van der Waals surface area contributed by atoms with Gasteiger partial charge in [-0.3, -0.25) is 4.40 Å². The summed E-state index contributed by atoms with van der Waals surface area (Å²) in [6, 6.07) is 14.2. The van der Waals surface area contributed by atoms with Crippen molar-refractivity contribution in [2.45, 2.75) is 4.90 Å². The lowest BCUT2D eigenvalue weighted by Gasteiger charge is -2.09. The number of methoxy groups -OCH3 is 1. The fourth-order valence-electron chi connectivity index (χ4n) is 3.06. The summed E-state index contributed by atoms with van der Waals surface area (Å²) < 4.78 is 30.9. The first-order chi connectivity index (χ1) is 13.4. The lowest BCUT2D eigenvalue weighted by Crippen LogP contribution is -1.98. The zero-order chi connectivity index (χ0) is 19.9. The van der Waals surface area contributed by atoms with Gasteiger partial charge < -0.3 is 4.74 Å². The number of hydrogen-bond donors (Lipinski definition) is 0. The Kier molecular flexibility index (Phi) is 4.56. The molecule has 0 fully saturated rings. The average molecular weight is 414 g/mol. The van der Waals surface area contributed by atoms with Crippen LogP contribution in [0.25, 0.3) is 28.3 Å². The van der Waals surface area contributed by atoms with E-state index in [4.69, 9.17) is 16.3 Å². The average Bonchev–Trinajstić information content (AvgIpc) is 3.06. The Labute approximate surface area is 167 Å². The lowest BCUT2D eigenvalue weighted by atomic mass is 10.0. The van der Waals surface area contributed by atoms with Crippen LogP contribution in [0.2, 0.25) is 5.02 Å². The van der Waals surface area contributed by atoms with E-state index in [0.717, 1.165) is 28.8 Å². The molecule has 8 heteroatoms. The minimum absolute atomic E-state index is 0.0934. The van der Waals surface area contributed by atoms with E-state index in [1.54, 1.807) is 25.4 Å².